The van der Waals surface area contributed by atoms with Crippen molar-refractivity contribution in [1.29, 1.82) is 0 Å². The van der Waals surface area contributed by atoms with Gasteiger partial charge in [-0.15, -0.1) is 31.7 Å². The van der Waals surface area contributed by atoms with E-state index in [2.05, 4.69) is 55.1 Å². The van der Waals surface area contributed by atoms with Gasteiger partial charge in [0.2, 0.25) is 5.78 Å². The zero-order chi connectivity index (χ0) is 17.1. The number of fused-ring (bicyclic) bond motifs is 8. The smallest absolute Gasteiger partial charge is 0.243 e. The van der Waals surface area contributed by atoms with E-state index in [4.69, 9.17) is 0 Å². The molecule has 5 heterocycles. The van der Waals surface area contributed by atoms with Crippen LogP contribution in [0.1, 0.15) is 16.0 Å². The maximum absolute atomic E-state index is 4.38. The number of nitrogens with zero attached hydrogens (tertiary/aromatic N) is 6. The van der Waals surface area contributed by atoms with Gasteiger partial charge in [0, 0.05) is 12.0 Å². The molecule has 26 heavy (non-hydrogen) atoms. The lowest BCUT2D eigenvalue weighted by Crippen LogP contribution is -3.10. The van der Waals surface area contributed by atoms with Gasteiger partial charge in [0.15, 0.2) is 5.65 Å². The normalized spacial score (nSPS) is 17.3. The first kappa shape index (κ1) is 14.3. The van der Waals surface area contributed by atoms with Gasteiger partial charge in [0.25, 0.3) is 0 Å². The summed E-state index contributed by atoms with van der Waals surface area (Å²) < 4.78 is 4.00. The van der Waals surface area contributed by atoms with Crippen LogP contribution >= 0.6 is 11.3 Å². The van der Waals surface area contributed by atoms with Gasteiger partial charge < -0.3 is 4.90 Å². The molecule has 1 aliphatic heterocycles. The van der Waals surface area contributed by atoms with E-state index in [0.29, 0.717) is 0 Å². The summed E-state index contributed by atoms with van der Waals surface area (Å²) in [6.07, 6.45) is 4.57. The summed E-state index contributed by atoms with van der Waals surface area (Å²) in [5.41, 5.74) is 3.72. The fourth-order valence-corrected chi connectivity index (χ4v) is 5.43. The average Bonchev–Trinajstić information content (AvgIpc) is 3.38. The molecule has 1 aromatic carbocycles. The average molecular weight is 362 g/mol. The highest BCUT2D eigenvalue weighted by Gasteiger charge is 2.27. The number of aromatic nitrogens is 6. The quantitative estimate of drug-likeness (QED) is 0.511. The van der Waals surface area contributed by atoms with Crippen molar-refractivity contribution in [3.05, 3.63) is 59.0 Å². The summed E-state index contributed by atoms with van der Waals surface area (Å²) >= 11 is 1.85. The fourth-order valence-electron chi connectivity index (χ4n) is 4.05. The standard InChI is InChI=1S/C18H15N7S/c1-2-4-12(5-3-1)8-23-7-6-13-14(9-23)26-17-15(13)16-21-19-10-24(16)18-22-20-11-25(17)18/h1-5,10-11H,6-9H2/p+1. The van der Waals surface area contributed by atoms with Crippen LogP contribution in [0.2, 0.25) is 0 Å². The molecule has 4 aromatic heterocycles. The van der Waals surface area contributed by atoms with Crippen LogP contribution in [0.25, 0.3) is 21.6 Å². The number of rotatable bonds is 2. The van der Waals surface area contributed by atoms with Crippen LogP contribution in [0.3, 0.4) is 0 Å². The second kappa shape index (κ2) is 5.33. The SMILES string of the molecule is c1ccc(C[NH+]2CCc3c(sc4c3c3nncn3c3nncn43)C2)cc1. The van der Waals surface area contributed by atoms with Crippen LogP contribution < -0.4 is 4.90 Å². The first-order valence-electron chi connectivity index (χ1n) is 8.71. The third-order valence-electron chi connectivity index (χ3n) is 5.24. The van der Waals surface area contributed by atoms with E-state index in [1.807, 2.05) is 15.7 Å². The van der Waals surface area contributed by atoms with Gasteiger partial charge in [-0.3, -0.25) is 4.40 Å². The summed E-state index contributed by atoms with van der Waals surface area (Å²) in [6.45, 7) is 3.25. The van der Waals surface area contributed by atoms with E-state index in [0.717, 1.165) is 37.5 Å². The molecule has 1 unspecified atom stereocenters. The molecule has 0 aliphatic carbocycles. The van der Waals surface area contributed by atoms with Crippen molar-refractivity contribution in [2.75, 3.05) is 6.54 Å². The van der Waals surface area contributed by atoms with Crippen molar-refractivity contribution in [3.63, 3.8) is 0 Å². The Hall–Kier alpha value is -2.84. The Morgan fingerprint density at radius 3 is 2.81 bits per heavy atom. The van der Waals surface area contributed by atoms with Crippen LogP contribution in [0.15, 0.2) is 43.0 Å². The van der Waals surface area contributed by atoms with E-state index in [9.17, 15) is 0 Å². The molecule has 1 atom stereocenters. The molecule has 1 aliphatic rings. The lowest BCUT2D eigenvalue weighted by molar-refractivity contribution is -0.929. The molecule has 1 N–H and O–H groups in total. The summed E-state index contributed by atoms with van der Waals surface area (Å²) in [7, 11) is 0. The van der Waals surface area contributed by atoms with Gasteiger partial charge in [0.05, 0.1) is 16.8 Å². The Morgan fingerprint density at radius 2 is 1.88 bits per heavy atom. The van der Waals surface area contributed by atoms with E-state index < -0.39 is 0 Å². The first-order chi connectivity index (χ1) is 12.9. The molecule has 6 rings (SSSR count). The highest BCUT2D eigenvalue weighted by Crippen LogP contribution is 2.35. The van der Waals surface area contributed by atoms with Gasteiger partial charge >= 0.3 is 0 Å². The molecular weight excluding hydrogens is 346 g/mol. The third-order valence-corrected chi connectivity index (χ3v) is 6.47. The second-order valence-corrected chi connectivity index (χ2v) is 7.88. The molecular formula is C18H16N7S+. The molecule has 0 amide bonds. The topological polar surface area (TPSA) is 64.8 Å². The fraction of sp³-hybridized carbons (Fsp3) is 0.222. The first-order valence-corrected chi connectivity index (χ1v) is 9.53. The number of thiophene rings is 1. The molecule has 0 fully saturated rings. The number of quaternary nitrogens is 1. The highest BCUT2D eigenvalue weighted by molar-refractivity contribution is 7.19. The van der Waals surface area contributed by atoms with Crippen LogP contribution in [0, 0.1) is 0 Å². The Morgan fingerprint density at radius 1 is 1.04 bits per heavy atom. The largest absolute Gasteiger partial charge is 0.326 e. The van der Waals surface area contributed by atoms with Gasteiger partial charge in [0.1, 0.15) is 30.6 Å². The molecule has 7 nitrogen and oxygen atoms in total. The highest BCUT2D eigenvalue weighted by atomic mass is 32.1. The van der Waals surface area contributed by atoms with Gasteiger partial charge in [-0.1, -0.05) is 30.3 Å². The van der Waals surface area contributed by atoms with Crippen molar-refractivity contribution in [2.45, 2.75) is 19.5 Å². The van der Waals surface area contributed by atoms with Crippen LogP contribution in [-0.4, -0.2) is 35.7 Å². The summed E-state index contributed by atoms with van der Waals surface area (Å²) in [5.74, 6) is 0.768. The molecule has 0 saturated carbocycles. The molecule has 0 bridgehead atoms. The van der Waals surface area contributed by atoms with E-state index in [1.165, 1.54) is 26.2 Å². The predicted octanol–water partition coefficient (Wildman–Crippen LogP) is 1.13. The molecule has 5 aromatic rings. The molecule has 8 heteroatoms. The number of hydrogen-bond acceptors (Lipinski definition) is 5. The second-order valence-electron chi connectivity index (χ2n) is 6.80. The van der Waals surface area contributed by atoms with Crippen LogP contribution in [0.4, 0.5) is 0 Å². The van der Waals surface area contributed by atoms with Crippen molar-refractivity contribution < 1.29 is 4.90 Å². The molecule has 0 radical (unpaired) electrons. The molecule has 0 spiro atoms. The van der Waals surface area contributed by atoms with Crippen LogP contribution in [-0.2, 0) is 19.5 Å². The third kappa shape index (κ3) is 1.96. The maximum atomic E-state index is 4.38. The zero-order valence-electron chi connectivity index (χ0n) is 14.0. The van der Waals surface area contributed by atoms with E-state index in [1.54, 1.807) is 17.6 Å². The van der Waals surface area contributed by atoms with Crippen molar-refractivity contribution >= 4 is 33.0 Å². The van der Waals surface area contributed by atoms with Crippen molar-refractivity contribution in [1.82, 2.24) is 29.2 Å². The van der Waals surface area contributed by atoms with Crippen LogP contribution in [0.5, 0.6) is 0 Å². The van der Waals surface area contributed by atoms with Crippen molar-refractivity contribution in [3.8, 4) is 0 Å². The number of hydrogen-bond donors (Lipinski definition) is 1. The zero-order valence-corrected chi connectivity index (χ0v) is 14.8. The van der Waals surface area contributed by atoms with Gasteiger partial charge in [-0.2, -0.15) is 0 Å². The summed E-state index contributed by atoms with van der Waals surface area (Å²) in [5, 5.41) is 18.0. The lowest BCUT2D eigenvalue weighted by atomic mass is 10.0. The minimum absolute atomic E-state index is 0.768. The Labute approximate surface area is 152 Å². The Kier molecular flexibility index (Phi) is 2.94. The van der Waals surface area contributed by atoms with Gasteiger partial charge in [-0.25, -0.2) is 4.40 Å². The monoisotopic (exact) mass is 362 g/mol. The van der Waals surface area contributed by atoms with Gasteiger partial charge in [-0.05, 0) is 5.56 Å². The molecule has 0 saturated heterocycles. The Bertz CT molecular complexity index is 1250. The summed E-state index contributed by atoms with van der Waals surface area (Å²) in [6, 6.07) is 10.7. The minimum Gasteiger partial charge on any atom is -0.326 e. The number of benzene rings is 1. The number of nitrogens with one attached hydrogen (secondary N) is 1. The maximum Gasteiger partial charge on any atom is 0.243 e. The van der Waals surface area contributed by atoms with E-state index >= 15 is 0 Å². The summed E-state index contributed by atoms with van der Waals surface area (Å²) in [4.78, 5) is 4.23. The Balaban J connectivity index is 1.49. The molecule has 128 valence electrons. The van der Waals surface area contributed by atoms with Crippen molar-refractivity contribution in [2.24, 2.45) is 0 Å². The predicted molar refractivity (Wildman–Crippen MR) is 98.3 cm³/mol. The lowest BCUT2D eigenvalue weighted by Gasteiger charge is -2.24. The minimum atomic E-state index is 0.768. The van der Waals surface area contributed by atoms with E-state index in [-0.39, 0.29) is 0 Å².